The summed E-state index contributed by atoms with van der Waals surface area (Å²) in [6, 6.07) is 15.7. The molecule has 1 aromatic heterocycles. The lowest BCUT2D eigenvalue weighted by Crippen LogP contribution is -2.36. The van der Waals surface area contributed by atoms with E-state index in [0.717, 1.165) is 15.6 Å². The van der Waals surface area contributed by atoms with Crippen molar-refractivity contribution in [3.05, 3.63) is 73.8 Å². The minimum Gasteiger partial charge on any atom is -0.497 e. The Morgan fingerprint density at radius 3 is 2.19 bits per heavy atom. The number of thiophene rings is 1. The molecule has 0 unspecified atom stereocenters. The van der Waals surface area contributed by atoms with Gasteiger partial charge in [0, 0.05) is 4.47 Å². The molecule has 0 fully saturated rings. The van der Waals surface area contributed by atoms with E-state index in [1.807, 2.05) is 0 Å². The van der Waals surface area contributed by atoms with Gasteiger partial charge in [0.1, 0.15) is 5.75 Å². The van der Waals surface area contributed by atoms with E-state index in [1.54, 1.807) is 36.4 Å². The molecular weight excluding hydrogens is 518 g/mol. The number of benzene rings is 2. The normalized spacial score (nSPS) is 11.2. The van der Waals surface area contributed by atoms with Gasteiger partial charge in [0.2, 0.25) is 0 Å². The number of halogens is 2. The molecule has 0 bridgehead atoms. The topological polar surface area (TPSA) is 63.7 Å². The first kappa shape index (κ1) is 20.1. The van der Waals surface area contributed by atoms with Crippen molar-refractivity contribution in [1.82, 2.24) is 0 Å². The maximum Gasteiger partial charge on any atom is 0.282 e. The smallest absolute Gasteiger partial charge is 0.282 e. The molecule has 3 rings (SSSR count). The summed E-state index contributed by atoms with van der Waals surface area (Å²) in [5.74, 6) is -0.0784. The number of anilines is 1. The lowest BCUT2D eigenvalue weighted by Gasteiger charge is -2.22. The SMILES string of the molecule is COc1ccc(N(C(=O)c2cc(Br)c(Br)s2)S(=O)(=O)c2ccccc2)cc1. The predicted molar refractivity (Wildman–Crippen MR) is 113 cm³/mol. The van der Waals surface area contributed by atoms with Crippen LogP contribution in [0.3, 0.4) is 0 Å². The summed E-state index contributed by atoms with van der Waals surface area (Å²) >= 11 is 7.82. The zero-order valence-electron chi connectivity index (χ0n) is 13.9. The molecule has 2 aromatic carbocycles. The van der Waals surface area contributed by atoms with E-state index in [2.05, 4.69) is 31.9 Å². The summed E-state index contributed by atoms with van der Waals surface area (Å²) in [7, 11) is -2.59. The van der Waals surface area contributed by atoms with Crippen LogP contribution in [0.5, 0.6) is 5.75 Å². The van der Waals surface area contributed by atoms with Crippen LogP contribution in [0, 0.1) is 0 Å². The van der Waals surface area contributed by atoms with E-state index in [9.17, 15) is 13.2 Å². The lowest BCUT2D eigenvalue weighted by molar-refractivity contribution is 0.101. The first-order valence-corrected chi connectivity index (χ1v) is 11.4. The quantitative estimate of drug-likeness (QED) is 0.448. The molecule has 0 saturated heterocycles. The van der Waals surface area contributed by atoms with Crippen molar-refractivity contribution in [3.63, 3.8) is 0 Å². The molecular formula is C18H13Br2NO4S2. The Labute approximate surface area is 177 Å². The molecule has 9 heteroatoms. The molecule has 5 nitrogen and oxygen atoms in total. The van der Waals surface area contributed by atoms with Gasteiger partial charge < -0.3 is 4.74 Å². The standard InChI is InChI=1S/C18H13Br2NO4S2/c1-25-13-9-7-12(8-10-13)21(18(22)16-11-15(19)17(20)26-16)27(23,24)14-5-3-2-4-6-14/h2-11H,1H3. The molecule has 0 N–H and O–H groups in total. The van der Waals surface area contributed by atoms with Gasteiger partial charge >= 0.3 is 0 Å². The third kappa shape index (κ3) is 4.11. The Bertz CT molecular complexity index is 1050. The van der Waals surface area contributed by atoms with Gasteiger partial charge in [-0.1, -0.05) is 18.2 Å². The van der Waals surface area contributed by atoms with Crippen molar-refractivity contribution in [2.75, 3.05) is 11.4 Å². The molecule has 0 spiro atoms. The number of nitrogens with zero attached hydrogens (tertiary/aromatic N) is 1. The fraction of sp³-hybridized carbons (Fsp3) is 0.0556. The number of sulfonamides is 1. The van der Waals surface area contributed by atoms with Gasteiger partial charge in [-0.15, -0.1) is 11.3 Å². The van der Waals surface area contributed by atoms with Crippen LogP contribution in [-0.4, -0.2) is 21.4 Å². The second-order valence-electron chi connectivity index (χ2n) is 5.32. The Hall–Kier alpha value is -1.68. The summed E-state index contributed by atoms with van der Waals surface area (Å²) in [5.41, 5.74) is 0.227. The van der Waals surface area contributed by atoms with Crippen LogP contribution >= 0.6 is 43.2 Å². The molecule has 0 atom stereocenters. The highest BCUT2D eigenvalue weighted by Crippen LogP contribution is 2.35. The number of hydrogen-bond acceptors (Lipinski definition) is 5. The third-order valence-electron chi connectivity index (χ3n) is 3.63. The fourth-order valence-electron chi connectivity index (χ4n) is 2.33. The summed E-state index contributed by atoms with van der Waals surface area (Å²) in [4.78, 5) is 13.5. The number of carbonyl (C=O) groups is 1. The Morgan fingerprint density at radius 1 is 1.04 bits per heavy atom. The molecule has 1 amide bonds. The average Bonchev–Trinajstić information content (AvgIpc) is 3.02. The first-order valence-electron chi connectivity index (χ1n) is 7.58. The van der Waals surface area contributed by atoms with Crippen molar-refractivity contribution in [1.29, 1.82) is 0 Å². The Morgan fingerprint density at radius 2 is 1.67 bits per heavy atom. The monoisotopic (exact) mass is 529 g/mol. The first-order chi connectivity index (χ1) is 12.8. The van der Waals surface area contributed by atoms with Crippen LogP contribution in [0.25, 0.3) is 0 Å². The number of hydrogen-bond donors (Lipinski definition) is 0. The number of rotatable bonds is 5. The molecule has 0 aliphatic carbocycles. The van der Waals surface area contributed by atoms with Crippen LogP contribution in [-0.2, 0) is 10.0 Å². The largest absolute Gasteiger partial charge is 0.497 e. The van der Waals surface area contributed by atoms with Crippen LogP contribution in [0.1, 0.15) is 9.67 Å². The van der Waals surface area contributed by atoms with Crippen LogP contribution < -0.4 is 9.04 Å². The summed E-state index contributed by atoms with van der Waals surface area (Å²) in [6.07, 6.45) is 0. The zero-order valence-corrected chi connectivity index (χ0v) is 18.7. The molecule has 1 heterocycles. The fourth-order valence-corrected chi connectivity index (χ4v) is 5.78. The second-order valence-corrected chi connectivity index (χ2v) is 10.3. The van der Waals surface area contributed by atoms with Crippen LogP contribution in [0.4, 0.5) is 5.69 Å². The number of carbonyl (C=O) groups excluding carboxylic acids is 1. The highest BCUT2D eigenvalue weighted by Gasteiger charge is 2.33. The van der Waals surface area contributed by atoms with E-state index in [4.69, 9.17) is 4.74 Å². The zero-order chi connectivity index (χ0) is 19.6. The molecule has 3 aromatic rings. The van der Waals surface area contributed by atoms with E-state index in [-0.39, 0.29) is 15.5 Å². The summed E-state index contributed by atoms with van der Waals surface area (Å²) in [6.45, 7) is 0. The van der Waals surface area contributed by atoms with Crippen LogP contribution in [0.2, 0.25) is 0 Å². The minimum absolute atomic E-state index is 0.0313. The van der Waals surface area contributed by atoms with Crippen molar-refractivity contribution < 1.29 is 17.9 Å². The second kappa shape index (κ2) is 8.14. The maximum atomic E-state index is 13.2. The van der Waals surface area contributed by atoms with E-state index in [0.29, 0.717) is 14.0 Å². The Balaban J connectivity index is 2.15. The van der Waals surface area contributed by atoms with E-state index in [1.165, 1.54) is 31.4 Å². The van der Waals surface area contributed by atoms with E-state index >= 15 is 0 Å². The van der Waals surface area contributed by atoms with Gasteiger partial charge in [0.25, 0.3) is 15.9 Å². The molecule has 0 aliphatic rings. The van der Waals surface area contributed by atoms with Crippen molar-refractivity contribution in [3.8, 4) is 5.75 Å². The van der Waals surface area contributed by atoms with Gasteiger partial charge in [-0.25, -0.2) is 8.42 Å². The number of amides is 1. The van der Waals surface area contributed by atoms with Crippen molar-refractivity contribution in [2.24, 2.45) is 0 Å². The highest BCUT2D eigenvalue weighted by atomic mass is 79.9. The van der Waals surface area contributed by atoms with Crippen molar-refractivity contribution in [2.45, 2.75) is 4.90 Å². The molecule has 0 radical (unpaired) electrons. The minimum atomic E-state index is -4.11. The Kier molecular flexibility index (Phi) is 6.05. The lowest BCUT2D eigenvalue weighted by atomic mass is 10.3. The average molecular weight is 531 g/mol. The molecule has 0 aliphatic heterocycles. The predicted octanol–water partition coefficient (Wildman–Crippen LogP) is 5.32. The summed E-state index contributed by atoms with van der Waals surface area (Å²) < 4.78 is 33.8. The summed E-state index contributed by atoms with van der Waals surface area (Å²) in [5, 5.41) is 0. The van der Waals surface area contributed by atoms with Crippen LogP contribution in [0.15, 0.2) is 73.8 Å². The molecule has 0 saturated carbocycles. The van der Waals surface area contributed by atoms with Crippen molar-refractivity contribution >= 4 is 64.8 Å². The highest BCUT2D eigenvalue weighted by molar-refractivity contribution is 9.13. The molecule has 140 valence electrons. The third-order valence-corrected chi connectivity index (χ3v) is 8.60. The van der Waals surface area contributed by atoms with E-state index < -0.39 is 15.9 Å². The van der Waals surface area contributed by atoms with Gasteiger partial charge in [-0.05, 0) is 74.3 Å². The number of methoxy groups -OCH3 is 1. The van der Waals surface area contributed by atoms with Gasteiger partial charge in [0.05, 0.1) is 26.4 Å². The maximum absolute atomic E-state index is 13.2. The van der Waals surface area contributed by atoms with Gasteiger partial charge in [-0.2, -0.15) is 4.31 Å². The van der Waals surface area contributed by atoms with Gasteiger partial charge in [-0.3, -0.25) is 4.79 Å². The molecule has 27 heavy (non-hydrogen) atoms. The number of ether oxygens (including phenoxy) is 1. The van der Waals surface area contributed by atoms with Gasteiger partial charge in [0.15, 0.2) is 0 Å².